The quantitative estimate of drug-likeness (QED) is 0.613. The van der Waals surface area contributed by atoms with Gasteiger partial charge in [0.1, 0.15) is 0 Å². The van der Waals surface area contributed by atoms with Crippen LogP contribution in [-0.4, -0.2) is 23.1 Å². The lowest BCUT2D eigenvalue weighted by molar-refractivity contribution is -0.384. The van der Waals surface area contributed by atoms with E-state index in [0.717, 1.165) is 5.69 Å². The van der Waals surface area contributed by atoms with E-state index in [9.17, 15) is 15.2 Å². The Balaban J connectivity index is 3.07. The minimum absolute atomic E-state index is 0.0425. The van der Waals surface area contributed by atoms with Crippen LogP contribution in [0, 0.1) is 21.4 Å². The van der Waals surface area contributed by atoms with Crippen molar-refractivity contribution in [1.82, 2.24) is 0 Å². The first kappa shape index (κ1) is 13.9. The standard InChI is InChI=1S/C12H15N3O3/c1-2-14(7-3-6-13)12-5-4-11(15(17)18)8-10(12)9-16/h4-5,8,16H,2-3,7,9H2,1H3. The largest absolute Gasteiger partial charge is 0.392 e. The zero-order valence-electron chi connectivity index (χ0n) is 10.2. The van der Waals surface area contributed by atoms with Gasteiger partial charge in [-0.2, -0.15) is 5.26 Å². The Labute approximate surface area is 105 Å². The first-order chi connectivity index (χ1) is 8.63. The van der Waals surface area contributed by atoms with Crippen LogP contribution in [0.25, 0.3) is 0 Å². The van der Waals surface area contributed by atoms with E-state index in [-0.39, 0.29) is 12.3 Å². The number of benzene rings is 1. The van der Waals surface area contributed by atoms with E-state index in [4.69, 9.17) is 5.26 Å². The van der Waals surface area contributed by atoms with Gasteiger partial charge >= 0.3 is 0 Å². The summed E-state index contributed by atoms with van der Waals surface area (Å²) in [5.41, 5.74) is 1.20. The second-order valence-electron chi connectivity index (χ2n) is 3.72. The number of nitriles is 1. The molecular weight excluding hydrogens is 234 g/mol. The highest BCUT2D eigenvalue weighted by atomic mass is 16.6. The van der Waals surface area contributed by atoms with Crippen LogP contribution >= 0.6 is 0 Å². The van der Waals surface area contributed by atoms with Crippen molar-refractivity contribution >= 4 is 11.4 Å². The SMILES string of the molecule is CCN(CCC#N)c1ccc([N+](=O)[O-])cc1CO. The van der Waals surface area contributed by atoms with Gasteiger partial charge in [0.15, 0.2) is 0 Å². The van der Waals surface area contributed by atoms with Crippen LogP contribution in [0.3, 0.4) is 0 Å². The highest BCUT2D eigenvalue weighted by Crippen LogP contribution is 2.25. The molecule has 0 aliphatic heterocycles. The second-order valence-corrected chi connectivity index (χ2v) is 3.72. The molecular formula is C12H15N3O3. The number of nitrogens with zero attached hydrogens (tertiary/aromatic N) is 3. The number of rotatable bonds is 6. The summed E-state index contributed by atoms with van der Waals surface area (Å²) in [6.45, 7) is 2.88. The molecule has 1 aromatic carbocycles. The molecule has 0 heterocycles. The molecule has 0 fully saturated rings. The average molecular weight is 249 g/mol. The molecule has 0 radical (unpaired) electrons. The van der Waals surface area contributed by atoms with Crippen molar-refractivity contribution in [1.29, 1.82) is 5.26 Å². The summed E-state index contributed by atoms with van der Waals surface area (Å²) in [6.07, 6.45) is 0.371. The smallest absolute Gasteiger partial charge is 0.269 e. The summed E-state index contributed by atoms with van der Waals surface area (Å²) in [7, 11) is 0. The minimum Gasteiger partial charge on any atom is -0.392 e. The van der Waals surface area contributed by atoms with Gasteiger partial charge in [-0.1, -0.05) is 0 Å². The summed E-state index contributed by atoms with van der Waals surface area (Å²) in [5.74, 6) is 0. The summed E-state index contributed by atoms with van der Waals surface area (Å²) in [5, 5.41) is 28.5. The van der Waals surface area contributed by atoms with Gasteiger partial charge < -0.3 is 10.0 Å². The molecule has 0 amide bonds. The third-order valence-corrected chi connectivity index (χ3v) is 2.66. The Hall–Kier alpha value is -2.13. The van der Waals surface area contributed by atoms with Crippen LogP contribution in [0.2, 0.25) is 0 Å². The third-order valence-electron chi connectivity index (χ3n) is 2.66. The molecule has 0 aliphatic carbocycles. The van der Waals surface area contributed by atoms with Gasteiger partial charge in [-0.15, -0.1) is 0 Å². The van der Waals surface area contributed by atoms with Crippen LogP contribution in [0.4, 0.5) is 11.4 Å². The number of non-ortho nitro benzene ring substituents is 1. The first-order valence-electron chi connectivity index (χ1n) is 5.64. The molecule has 1 N–H and O–H groups in total. The lowest BCUT2D eigenvalue weighted by Crippen LogP contribution is -2.24. The molecule has 6 heteroatoms. The normalized spacial score (nSPS) is 9.83. The topological polar surface area (TPSA) is 90.4 Å². The van der Waals surface area contributed by atoms with Crippen LogP contribution in [0.15, 0.2) is 18.2 Å². The Kier molecular flexibility index (Phi) is 5.08. The van der Waals surface area contributed by atoms with Crippen molar-refractivity contribution in [3.8, 4) is 6.07 Å². The summed E-state index contributed by atoms with van der Waals surface area (Å²) >= 11 is 0. The minimum atomic E-state index is -0.492. The van der Waals surface area contributed by atoms with Gasteiger partial charge in [0.25, 0.3) is 5.69 Å². The molecule has 0 bridgehead atoms. The number of hydrogen-bond acceptors (Lipinski definition) is 5. The van der Waals surface area contributed by atoms with Crippen molar-refractivity contribution in [3.05, 3.63) is 33.9 Å². The van der Waals surface area contributed by atoms with E-state index in [1.165, 1.54) is 12.1 Å². The molecule has 18 heavy (non-hydrogen) atoms. The van der Waals surface area contributed by atoms with Gasteiger partial charge in [-0.25, -0.2) is 0 Å². The van der Waals surface area contributed by atoms with E-state index in [0.29, 0.717) is 25.1 Å². The molecule has 1 aromatic rings. The van der Waals surface area contributed by atoms with Gasteiger partial charge in [-0.05, 0) is 13.0 Å². The number of nitro benzene ring substituents is 1. The number of hydrogen-bond donors (Lipinski definition) is 1. The maximum absolute atomic E-state index is 10.7. The Morgan fingerprint density at radius 3 is 2.78 bits per heavy atom. The van der Waals surface area contributed by atoms with Crippen LogP contribution in [0.5, 0.6) is 0 Å². The zero-order chi connectivity index (χ0) is 13.5. The van der Waals surface area contributed by atoms with E-state index in [2.05, 4.69) is 6.07 Å². The lowest BCUT2D eigenvalue weighted by Gasteiger charge is -2.24. The van der Waals surface area contributed by atoms with E-state index in [1.807, 2.05) is 11.8 Å². The summed E-state index contributed by atoms with van der Waals surface area (Å²) in [4.78, 5) is 12.1. The maximum Gasteiger partial charge on any atom is 0.269 e. The summed E-state index contributed by atoms with van der Waals surface area (Å²) < 4.78 is 0. The van der Waals surface area contributed by atoms with E-state index in [1.54, 1.807) is 6.07 Å². The van der Waals surface area contributed by atoms with Crippen LogP contribution < -0.4 is 4.90 Å². The highest BCUT2D eigenvalue weighted by Gasteiger charge is 2.14. The molecule has 0 aliphatic rings. The predicted octanol–water partition coefficient (Wildman–Crippen LogP) is 1.83. The molecule has 0 spiro atoms. The van der Waals surface area contributed by atoms with Crippen molar-refractivity contribution in [2.24, 2.45) is 0 Å². The first-order valence-corrected chi connectivity index (χ1v) is 5.64. The molecule has 0 saturated carbocycles. The van der Waals surface area contributed by atoms with Gasteiger partial charge in [-0.3, -0.25) is 10.1 Å². The van der Waals surface area contributed by atoms with E-state index >= 15 is 0 Å². The van der Waals surface area contributed by atoms with Gasteiger partial charge in [0.05, 0.1) is 24.0 Å². The Bertz CT molecular complexity index is 468. The Morgan fingerprint density at radius 1 is 1.56 bits per heavy atom. The van der Waals surface area contributed by atoms with Crippen LogP contribution in [-0.2, 0) is 6.61 Å². The fourth-order valence-electron chi connectivity index (χ4n) is 1.75. The second kappa shape index (κ2) is 6.57. The maximum atomic E-state index is 10.7. The number of nitro groups is 1. The monoisotopic (exact) mass is 249 g/mol. The van der Waals surface area contributed by atoms with Crippen molar-refractivity contribution in [3.63, 3.8) is 0 Å². The van der Waals surface area contributed by atoms with E-state index < -0.39 is 4.92 Å². The Morgan fingerprint density at radius 2 is 2.28 bits per heavy atom. The lowest BCUT2D eigenvalue weighted by atomic mass is 10.1. The molecule has 0 saturated heterocycles. The molecule has 0 aromatic heterocycles. The molecule has 6 nitrogen and oxygen atoms in total. The summed E-state index contributed by atoms with van der Waals surface area (Å²) in [6, 6.07) is 6.44. The van der Waals surface area contributed by atoms with Crippen molar-refractivity contribution in [2.45, 2.75) is 20.0 Å². The number of anilines is 1. The average Bonchev–Trinajstić information content (AvgIpc) is 2.39. The van der Waals surface area contributed by atoms with Gasteiger partial charge in [0, 0.05) is 36.5 Å². The fraction of sp³-hybridized carbons (Fsp3) is 0.417. The fourth-order valence-corrected chi connectivity index (χ4v) is 1.75. The zero-order valence-corrected chi connectivity index (χ0v) is 10.2. The predicted molar refractivity (Wildman–Crippen MR) is 67.1 cm³/mol. The van der Waals surface area contributed by atoms with Crippen LogP contribution in [0.1, 0.15) is 18.9 Å². The molecule has 96 valence electrons. The molecule has 0 atom stereocenters. The molecule has 0 unspecified atom stereocenters. The van der Waals surface area contributed by atoms with Crippen molar-refractivity contribution < 1.29 is 10.0 Å². The van der Waals surface area contributed by atoms with Gasteiger partial charge in [0.2, 0.25) is 0 Å². The number of aliphatic hydroxyl groups excluding tert-OH is 1. The molecule has 1 rings (SSSR count). The number of aliphatic hydroxyl groups is 1. The third kappa shape index (κ3) is 3.18. The highest BCUT2D eigenvalue weighted by molar-refractivity contribution is 5.57. The van der Waals surface area contributed by atoms with Crippen molar-refractivity contribution in [2.75, 3.05) is 18.0 Å².